The monoisotopic (exact) mass is 494 g/mol. The quantitative estimate of drug-likeness (QED) is 0.508. The van der Waals surface area contributed by atoms with Crippen LogP contribution in [-0.2, 0) is 11.3 Å². The zero-order chi connectivity index (χ0) is 25.6. The summed E-state index contributed by atoms with van der Waals surface area (Å²) in [6.45, 7) is 2.84. The molecule has 1 fully saturated rings. The number of aromatic nitrogens is 1. The van der Waals surface area contributed by atoms with E-state index in [0.29, 0.717) is 30.9 Å². The second-order valence-corrected chi connectivity index (χ2v) is 9.56. The number of benzene rings is 2. The second kappa shape index (κ2) is 8.89. The number of ether oxygens (including phenoxy) is 1. The molecule has 2 aromatic carbocycles. The van der Waals surface area contributed by atoms with Crippen molar-refractivity contribution in [1.82, 2.24) is 20.5 Å². The fourth-order valence-electron chi connectivity index (χ4n) is 5.48. The topological polar surface area (TPSA) is 101 Å². The Hall–Kier alpha value is -4.46. The fourth-order valence-corrected chi connectivity index (χ4v) is 5.48. The number of allylic oxidation sites excluding steroid dienone is 3. The lowest BCUT2D eigenvalue weighted by Crippen LogP contribution is -2.59. The van der Waals surface area contributed by atoms with Gasteiger partial charge in [0, 0.05) is 29.6 Å². The number of rotatable bonds is 6. The van der Waals surface area contributed by atoms with E-state index in [1.54, 1.807) is 17.2 Å². The largest absolute Gasteiger partial charge is 0.494 e. The number of nitrogens with zero attached hydrogens (tertiary/aromatic N) is 2. The van der Waals surface area contributed by atoms with Crippen LogP contribution in [0, 0.1) is 5.92 Å². The summed E-state index contributed by atoms with van der Waals surface area (Å²) in [4.78, 5) is 44.8. The first-order chi connectivity index (χ1) is 18.0. The summed E-state index contributed by atoms with van der Waals surface area (Å²) in [7, 11) is 0. The summed E-state index contributed by atoms with van der Waals surface area (Å²) in [6.07, 6.45) is 8.34. The Labute approximate surface area is 214 Å². The van der Waals surface area contributed by atoms with Crippen LogP contribution in [0.15, 0.2) is 73.0 Å². The summed E-state index contributed by atoms with van der Waals surface area (Å²) < 4.78 is 5.55. The molecule has 2 aliphatic heterocycles. The van der Waals surface area contributed by atoms with Crippen molar-refractivity contribution in [1.29, 1.82) is 0 Å². The number of imide groups is 1. The van der Waals surface area contributed by atoms with Crippen molar-refractivity contribution in [3.8, 4) is 5.75 Å². The molecular weight excluding hydrogens is 468 g/mol. The van der Waals surface area contributed by atoms with Crippen molar-refractivity contribution in [3.05, 3.63) is 89.6 Å². The van der Waals surface area contributed by atoms with Crippen molar-refractivity contribution >= 4 is 34.3 Å². The third kappa shape index (κ3) is 3.94. The third-order valence-electron chi connectivity index (χ3n) is 7.35. The van der Waals surface area contributed by atoms with Crippen LogP contribution in [0.3, 0.4) is 0 Å². The molecule has 0 spiro atoms. The highest BCUT2D eigenvalue weighted by atomic mass is 16.5. The van der Waals surface area contributed by atoms with Gasteiger partial charge in [-0.15, -0.1) is 0 Å². The zero-order valence-corrected chi connectivity index (χ0v) is 20.4. The molecule has 1 unspecified atom stereocenters. The van der Waals surface area contributed by atoms with E-state index in [9.17, 15) is 14.4 Å². The lowest BCUT2D eigenvalue weighted by Gasteiger charge is -2.37. The SMILES string of the molecule is CCOc1ccc2c(c1)C(=O)N(C[C@]1(C3C=CC(c4ccc5ncccc5c4)=CC3)NC(=O)NC1=O)C2. The maximum absolute atomic E-state index is 13.3. The number of fused-ring (bicyclic) bond motifs is 2. The molecule has 1 aromatic heterocycles. The van der Waals surface area contributed by atoms with Crippen molar-refractivity contribution in [3.63, 3.8) is 0 Å². The van der Waals surface area contributed by atoms with Gasteiger partial charge >= 0.3 is 6.03 Å². The Morgan fingerprint density at radius 1 is 1.14 bits per heavy atom. The van der Waals surface area contributed by atoms with Crippen LogP contribution >= 0.6 is 0 Å². The third-order valence-corrected chi connectivity index (χ3v) is 7.35. The molecule has 8 nitrogen and oxygen atoms in total. The number of urea groups is 1. The maximum Gasteiger partial charge on any atom is 0.322 e. The van der Waals surface area contributed by atoms with E-state index in [1.807, 2.05) is 55.5 Å². The molecule has 3 heterocycles. The van der Waals surface area contributed by atoms with Crippen LogP contribution in [-0.4, -0.2) is 46.4 Å². The van der Waals surface area contributed by atoms with Crippen molar-refractivity contribution < 1.29 is 19.1 Å². The predicted octanol–water partition coefficient (Wildman–Crippen LogP) is 3.83. The van der Waals surface area contributed by atoms with Gasteiger partial charge in [-0.05, 0) is 60.4 Å². The predicted molar refractivity (Wildman–Crippen MR) is 139 cm³/mol. The van der Waals surface area contributed by atoms with Crippen molar-refractivity contribution in [2.75, 3.05) is 13.2 Å². The number of pyridine rings is 1. The van der Waals surface area contributed by atoms with Gasteiger partial charge in [-0.25, -0.2) is 4.79 Å². The number of carbonyl (C=O) groups excluding carboxylic acids is 3. The van der Waals surface area contributed by atoms with Crippen LogP contribution in [0.25, 0.3) is 16.5 Å². The zero-order valence-electron chi connectivity index (χ0n) is 20.4. The second-order valence-electron chi connectivity index (χ2n) is 9.56. The van der Waals surface area contributed by atoms with Gasteiger partial charge in [0.05, 0.1) is 18.7 Å². The molecule has 4 amide bonds. The molecular formula is C29H26N4O4. The first kappa shape index (κ1) is 23.0. The van der Waals surface area contributed by atoms with E-state index in [4.69, 9.17) is 4.74 Å². The number of nitrogens with one attached hydrogen (secondary N) is 2. The first-order valence-corrected chi connectivity index (χ1v) is 12.4. The van der Waals surface area contributed by atoms with Gasteiger partial charge in [0.25, 0.3) is 11.8 Å². The smallest absolute Gasteiger partial charge is 0.322 e. The molecule has 3 aliphatic rings. The molecule has 2 atom stereocenters. The van der Waals surface area contributed by atoms with E-state index < -0.39 is 17.5 Å². The van der Waals surface area contributed by atoms with Gasteiger partial charge in [-0.3, -0.25) is 19.9 Å². The normalized spacial score (nSPS) is 22.6. The lowest BCUT2D eigenvalue weighted by atomic mass is 9.77. The highest BCUT2D eigenvalue weighted by Gasteiger charge is 2.53. The minimum absolute atomic E-state index is 0.0713. The van der Waals surface area contributed by atoms with Gasteiger partial charge in [0.1, 0.15) is 11.3 Å². The average Bonchev–Trinajstić information content (AvgIpc) is 3.38. The standard InChI is InChI=1S/C29H26N4O4/c1-2-37-23-11-7-21-16-33(26(34)24(21)15-23)17-29(27(35)31-28(36)32-29)22-9-5-18(6-10-22)19-8-12-25-20(14-19)4-3-13-30-25/h3-9,11-15,22H,2,10,16-17H2,1H3,(H2,31,32,35,36)/t22?,29-/m1/s1. The summed E-state index contributed by atoms with van der Waals surface area (Å²) in [6, 6.07) is 15.0. The number of hydrogen-bond donors (Lipinski definition) is 2. The van der Waals surface area contributed by atoms with Crippen LogP contribution in [0.2, 0.25) is 0 Å². The Bertz CT molecular complexity index is 1510. The van der Waals surface area contributed by atoms with Gasteiger partial charge in [-0.1, -0.05) is 36.4 Å². The van der Waals surface area contributed by atoms with E-state index >= 15 is 0 Å². The number of hydrogen-bond acceptors (Lipinski definition) is 5. The Morgan fingerprint density at radius 2 is 2.03 bits per heavy atom. The molecule has 0 bridgehead atoms. The number of carbonyl (C=O) groups is 3. The summed E-state index contributed by atoms with van der Waals surface area (Å²) >= 11 is 0. The average molecular weight is 495 g/mol. The molecule has 0 radical (unpaired) electrons. The fraction of sp³-hybridized carbons (Fsp3) is 0.241. The Morgan fingerprint density at radius 3 is 2.78 bits per heavy atom. The molecule has 2 N–H and O–H groups in total. The summed E-state index contributed by atoms with van der Waals surface area (Å²) in [5.74, 6) is -0.277. The minimum Gasteiger partial charge on any atom is -0.494 e. The Kier molecular flexibility index (Phi) is 5.52. The Balaban J connectivity index is 1.26. The lowest BCUT2D eigenvalue weighted by molar-refractivity contribution is -0.125. The minimum atomic E-state index is -1.26. The molecule has 0 saturated carbocycles. The molecule has 6 rings (SSSR count). The van der Waals surface area contributed by atoms with Gasteiger partial charge in [-0.2, -0.15) is 0 Å². The summed E-state index contributed by atoms with van der Waals surface area (Å²) in [5.41, 5.74) is 3.20. The van der Waals surface area contributed by atoms with Crippen LogP contribution in [0.1, 0.15) is 34.8 Å². The van der Waals surface area contributed by atoms with E-state index in [2.05, 4.69) is 27.8 Å². The molecule has 1 aliphatic carbocycles. The van der Waals surface area contributed by atoms with Gasteiger partial charge in [0.15, 0.2) is 0 Å². The number of amides is 4. The van der Waals surface area contributed by atoms with Crippen LogP contribution in [0.4, 0.5) is 4.79 Å². The molecule has 8 heteroatoms. The van der Waals surface area contributed by atoms with Gasteiger partial charge in [0.2, 0.25) is 0 Å². The maximum atomic E-state index is 13.3. The van der Waals surface area contributed by atoms with Gasteiger partial charge < -0.3 is 15.0 Å². The molecule has 37 heavy (non-hydrogen) atoms. The molecule has 3 aromatic rings. The highest BCUT2D eigenvalue weighted by molar-refractivity contribution is 6.08. The van der Waals surface area contributed by atoms with Crippen LogP contribution in [0.5, 0.6) is 5.75 Å². The first-order valence-electron chi connectivity index (χ1n) is 12.4. The van der Waals surface area contributed by atoms with E-state index in [-0.39, 0.29) is 18.4 Å². The highest BCUT2D eigenvalue weighted by Crippen LogP contribution is 2.36. The summed E-state index contributed by atoms with van der Waals surface area (Å²) in [5, 5.41) is 6.31. The van der Waals surface area contributed by atoms with E-state index in [0.717, 1.165) is 27.6 Å². The van der Waals surface area contributed by atoms with E-state index in [1.165, 1.54) is 0 Å². The van der Waals surface area contributed by atoms with Crippen molar-refractivity contribution in [2.45, 2.75) is 25.4 Å². The van der Waals surface area contributed by atoms with Crippen LogP contribution < -0.4 is 15.4 Å². The molecule has 1 saturated heterocycles. The molecule has 186 valence electrons. The van der Waals surface area contributed by atoms with Crippen molar-refractivity contribution in [2.24, 2.45) is 5.92 Å².